The molecule has 0 bridgehead atoms. The topological polar surface area (TPSA) is 40.7 Å². The molecule has 2 N–H and O–H groups in total. The minimum absolute atomic E-state index is 0.778. The van der Waals surface area contributed by atoms with E-state index >= 15 is 0 Å². The van der Waals surface area contributed by atoms with Crippen LogP contribution in [-0.2, 0) is 6.54 Å². The number of nitrogens with zero attached hydrogens (tertiary/aromatic N) is 1. The van der Waals surface area contributed by atoms with Crippen LogP contribution >= 0.6 is 15.9 Å². The van der Waals surface area contributed by atoms with Crippen molar-refractivity contribution in [3.63, 3.8) is 0 Å². The Hall–Kier alpha value is -1.13. The second-order valence-electron chi connectivity index (χ2n) is 3.25. The van der Waals surface area contributed by atoms with Crippen molar-refractivity contribution in [2.24, 2.45) is 0 Å². The summed E-state index contributed by atoms with van der Waals surface area (Å²) in [7, 11) is 1.91. The summed E-state index contributed by atoms with van der Waals surface area (Å²) >= 11 is 3.43. The van der Waals surface area contributed by atoms with Gasteiger partial charge in [0.05, 0.1) is 5.69 Å². The lowest BCUT2D eigenvalue weighted by molar-refractivity contribution is 0.793. The highest BCUT2D eigenvalue weighted by Gasteiger charge is 2.07. The summed E-state index contributed by atoms with van der Waals surface area (Å²) in [5.41, 5.74) is 2.16. The second-order valence-corrected chi connectivity index (χ2v) is 4.00. The van der Waals surface area contributed by atoms with Gasteiger partial charge in [-0.1, -0.05) is 30.3 Å². The standard InChI is InChI=1S/C11H12BrN3/c1-13-7-9-10(12)15-11(14-9)8-5-3-2-4-6-8/h2-6,13H,7H2,1H3,(H,14,15). The predicted molar refractivity (Wildman–Crippen MR) is 64.5 cm³/mol. The number of benzene rings is 1. The lowest BCUT2D eigenvalue weighted by Gasteiger charge is -1.95. The van der Waals surface area contributed by atoms with Crippen molar-refractivity contribution >= 4 is 15.9 Å². The average Bonchev–Trinajstić information content (AvgIpc) is 2.63. The predicted octanol–water partition coefficient (Wildman–Crippen LogP) is 2.56. The third kappa shape index (κ3) is 2.27. The van der Waals surface area contributed by atoms with E-state index in [0.29, 0.717) is 0 Å². The van der Waals surface area contributed by atoms with E-state index in [2.05, 4.69) is 31.2 Å². The van der Waals surface area contributed by atoms with Crippen molar-refractivity contribution in [2.75, 3.05) is 7.05 Å². The molecule has 15 heavy (non-hydrogen) atoms. The number of hydrogen-bond donors (Lipinski definition) is 2. The first-order chi connectivity index (χ1) is 7.31. The van der Waals surface area contributed by atoms with Gasteiger partial charge in [-0.2, -0.15) is 0 Å². The molecule has 78 valence electrons. The molecule has 0 aliphatic carbocycles. The number of aromatic amines is 1. The monoisotopic (exact) mass is 265 g/mol. The van der Waals surface area contributed by atoms with Crippen molar-refractivity contribution in [2.45, 2.75) is 6.54 Å². The fourth-order valence-electron chi connectivity index (χ4n) is 1.41. The van der Waals surface area contributed by atoms with Gasteiger partial charge in [-0.3, -0.25) is 0 Å². The first-order valence-electron chi connectivity index (χ1n) is 4.75. The Kier molecular flexibility index (Phi) is 3.18. The Bertz CT molecular complexity index is 436. The Labute approximate surface area is 97.1 Å². The zero-order chi connectivity index (χ0) is 10.7. The molecule has 0 saturated carbocycles. The molecule has 0 radical (unpaired) electrons. The van der Waals surface area contributed by atoms with Gasteiger partial charge in [0.1, 0.15) is 10.4 Å². The van der Waals surface area contributed by atoms with E-state index in [4.69, 9.17) is 0 Å². The van der Waals surface area contributed by atoms with Gasteiger partial charge in [0.25, 0.3) is 0 Å². The molecule has 0 aliphatic rings. The molecule has 0 spiro atoms. The molecule has 0 fully saturated rings. The molecule has 0 atom stereocenters. The summed E-state index contributed by atoms with van der Waals surface area (Å²) in [6.45, 7) is 0.778. The van der Waals surface area contributed by atoms with Gasteiger partial charge in [0.2, 0.25) is 0 Å². The molecule has 2 aromatic rings. The van der Waals surface area contributed by atoms with E-state index in [1.54, 1.807) is 0 Å². The van der Waals surface area contributed by atoms with Gasteiger partial charge in [-0.25, -0.2) is 4.98 Å². The van der Waals surface area contributed by atoms with Crippen LogP contribution in [0, 0.1) is 0 Å². The van der Waals surface area contributed by atoms with Crippen LogP contribution in [0.4, 0.5) is 0 Å². The van der Waals surface area contributed by atoms with Crippen LogP contribution in [0.5, 0.6) is 0 Å². The number of halogens is 1. The van der Waals surface area contributed by atoms with Crippen molar-refractivity contribution in [1.82, 2.24) is 15.3 Å². The van der Waals surface area contributed by atoms with Gasteiger partial charge in [-0.05, 0) is 23.0 Å². The number of nitrogens with one attached hydrogen (secondary N) is 2. The van der Waals surface area contributed by atoms with Crippen molar-refractivity contribution < 1.29 is 0 Å². The summed E-state index contributed by atoms with van der Waals surface area (Å²) < 4.78 is 0.871. The molecule has 4 heteroatoms. The van der Waals surface area contributed by atoms with Crippen LogP contribution in [0.15, 0.2) is 34.9 Å². The van der Waals surface area contributed by atoms with Crippen LogP contribution in [-0.4, -0.2) is 17.0 Å². The van der Waals surface area contributed by atoms with Crippen LogP contribution in [0.3, 0.4) is 0 Å². The largest absolute Gasteiger partial charge is 0.340 e. The lowest BCUT2D eigenvalue weighted by atomic mass is 10.2. The van der Waals surface area contributed by atoms with Gasteiger partial charge in [-0.15, -0.1) is 0 Å². The molecule has 2 rings (SSSR count). The van der Waals surface area contributed by atoms with E-state index in [1.807, 2.05) is 37.4 Å². The molecule has 1 aromatic carbocycles. The number of H-pyrrole nitrogens is 1. The highest BCUT2D eigenvalue weighted by molar-refractivity contribution is 9.10. The number of imidazole rings is 1. The SMILES string of the molecule is CNCc1[nH]c(-c2ccccc2)nc1Br. The summed E-state index contributed by atoms with van der Waals surface area (Å²) in [5.74, 6) is 0.896. The Morgan fingerprint density at radius 2 is 2.07 bits per heavy atom. The quantitative estimate of drug-likeness (QED) is 0.896. The van der Waals surface area contributed by atoms with Gasteiger partial charge < -0.3 is 10.3 Å². The zero-order valence-electron chi connectivity index (χ0n) is 8.42. The first-order valence-corrected chi connectivity index (χ1v) is 5.55. The summed E-state index contributed by atoms with van der Waals surface area (Å²) in [4.78, 5) is 7.70. The normalized spacial score (nSPS) is 10.5. The lowest BCUT2D eigenvalue weighted by Crippen LogP contribution is -2.05. The van der Waals surface area contributed by atoms with Crippen LogP contribution in [0.25, 0.3) is 11.4 Å². The maximum atomic E-state index is 4.42. The third-order valence-corrected chi connectivity index (χ3v) is 2.78. The first kappa shape index (κ1) is 10.4. The molecule has 1 aromatic heterocycles. The molecule has 3 nitrogen and oxygen atoms in total. The van der Waals surface area contributed by atoms with E-state index in [9.17, 15) is 0 Å². The van der Waals surface area contributed by atoms with E-state index < -0.39 is 0 Å². The Morgan fingerprint density at radius 1 is 1.33 bits per heavy atom. The van der Waals surface area contributed by atoms with Gasteiger partial charge in [0, 0.05) is 12.1 Å². The molecule has 0 unspecified atom stereocenters. The molecule has 0 aliphatic heterocycles. The minimum atomic E-state index is 0.778. The highest BCUT2D eigenvalue weighted by atomic mass is 79.9. The molecular weight excluding hydrogens is 254 g/mol. The van der Waals surface area contributed by atoms with E-state index in [1.165, 1.54) is 0 Å². The highest BCUT2D eigenvalue weighted by Crippen LogP contribution is 2.21. The van der Waals surface area contributed by atoms with Crippen LogP contribution in [0.2, 0.25) is 0 Å². The molecule has 0 amide bonds. The summed E-state index contributed by atoms with van der Waals surface area (Å²) in [6, 6.07) is 10.1. The smallest absolute Gasteiger partial charge is 0.138 e. The summed E-state index contributed by atoms with van der Waals surface area (Å²) in [5, 5.41) is 3.09. The van der Waals surface area contributed by atoms with Gasteiger partial charge >= 0.3 is 0 Å². The summed E-state index contributed by atoms with van der Waals surface area (Å²) in [6.07, 6.45) is 0. The number of rotatable bonds is 3. The van der Waals surface area contributed by atoms with E-state index in [0.717, 1.165) is 28.2 Å². The number of hydrogen-bond acceptors (Lipinski definition) is 2. The average molecular weight is 266 g/mol. The molecule has 0 saturated heterocycles. The fraction of sp³-hybridized carbons (Fsp3) is 0.182. The second kappa shape index (κ2) is 4.59. The van der Waals surface area contributed by atoms with Crippen molar-refractivity contribution in [3.05, 3.63) is 40.6 Å². The van der Waals surface area contributed by atoms with Crippen molar-refractivity contribution in [3.8, 4) is 11.4 Å². The van der Waals surface area contributed by atoms with Crippen molar-refractivity contribution in [1.29, 1.82) is 0 Å². The minimum Gasteiger partial charge on any atom is -0.340 e. The van der Waals surface area contributed by atoms with E-state index in [-0.39, 0.29) is 0 Å². The van der Waals surface area contributed by atoms with Crippen LogP contribution < -0.4 is 5.32 Å². The Morgan fingerprint density at radius 3 is 2.73 bits per heavy atom. The Balaban J connectivity index is 2.34. The van der Waals surface area contributed by atoms with Gasteiger partial charge in [0.15, 0.2) is 0 Å². The maximum Gasteiger partial charge on any atom is 0.138 e. The third-order valence-electron chi connectivity index (χ3n) is 2.13. The fourth-order valence-corrected chi connectivity index (χ4v) is 1.83. The maximum absolute atomic E-state index is 4.42. The van der Waals surface area contributed by atoms with Crippen LogP contribution in [0.1, 0.15) is 5.69 Å². The zero-order valence-corrected chi connectivity index (χ0v) is 10.0. The number of aromatic nitrogens is 2. The molecular formula is C11H12BrN3. The molecule has 1 heterocycles.